The molecule has 0 saturated heterocycles. The van der Waals surface area contributed by atoms with E-state index in [-0.39, 0.29) is 5.69 Å². The van der Waals surface area contributed by atoms with Crippen LogP contribution < -0.4 is 5.32 Å². The molecule has 0 unspecified atom stereocenters. The fraction of sp³-hybridized carbons (Fsp3) is 0.158. The number of nitrogens with zero attached hydrogens (tertiary/aromatic N) is 4. The van der Waals surface area contributed by atoms with Crippen molar-refractivity contribution < 1.29 is 9.53 Å². The van der Waals surface area contributed by atoms with Crippen molar-refractivity contribution in [3.8, 4) is 5.82 Å². The smallest absolute Gasteiger partial charge is 0.274 e. The lowest BCUT2D eigenvalue weighted by atomic mass is 10.1. The molecule has 1 aromatic carbocycles. The molecule has 0 fully saturated rings. The maximum atomic E-state index is 13.2. The molecule has 7 nitrogen and oxygen atoms in total. The Labute approximate surface area is 184 Å². The zero-order valence-corrected chi connectivity index (χ0v) is 18.2. The number of nitrogens with one attached hydrogen (secondary N) is 1. The van der Waals surface area contributed by atoms with Crippen molar-refractivity contribution >= 4 is 56.6 Å². The van der Waals surface area contributed by atoms with Crippen LogP contribution >= 0.6 is 39.1 Å². The van der Waals surface area contributed by atoms with Crippen LogP contribution in [0.2, 0.25) is 10.0 Å². The standard InChI is InChI=1S/C19H14BrCl2N5O2/c1-10-7-11(21)8-12(19-24-5-6-29-19)16(10)25-18(28)14-9-15(20)26-27(14)17-13(22)3-2-4-23-17/h2-4,7-9H,5-6H2,1H3,(H,25,28). The van der Waals surface area contributed by atoms with Crippen molar-refractivity contribution in [3.05, 3.63) is 68.0 Å². The highest BCUT2D eigenvalue weighted by molar-refractivity contribution is 9.10. The molecule has 1 amide bonds. The highest BCUT2D eigenvalue weighted by Gasteiger charge is 2.23. The summed E-state index contributed by atoms with van der Waals surface area (Å²) in [4.78, 5) is 21.7. The lowest BCUT2D eigenvalue weighted by Crippen LogP contribution is -2.20. The Kier molecular flexibility index (Phi) is 5.58. The van der Waals surface area contributed by atoms with Gasteiger partial charge in [-0.05, 0) is 52.7 Å². The van der Waals surface area contributed by atoms with Crippen LogP contribution in [-0.4, -0.2) is 39.7 Å². The number of benzene rings is 1. The van der Waals surface area contributed by atoms with Gasteiger partial charge >= 0.3 is 0 Å². The van der Waals surface area contributed by atoms with E-state index in [1.165, 1.54) is 4.68 Å². The number of hydrogen-bond donors (Lipinski definition) is 1. The Morgan fingerprint density at radius 1 is 1.31 bits per heavy atom. The molecule has 3 aromatic rings. The molecule has 10 heteroatoms. The van der Waals surface area contributed by atoms with Gasteiger partial charge < -0.3 is 10.1 Å². The Bertz CT molecular complexity index is 1150. The molecular formula is C19H14BrCl2N5O2. The van der Waals surface area contributed by atoms with Crippen molar-refractivity contribution in [2.24, 2.45) is 4.99 Å². The van der Waals surface area contributed by atoms with Gasteiger partial charge in [0.2, 0.25) is 5.90 Å². The van der Waals surface area contributed by atoms with Gasteiger partial charge in [-0.3, -0.25) is 4.79 Å². The summed E-state index contributed by atoms with van der Waals surface area (Å²) in [6.07, 6.45) is 1.58. The number of anilines is 1. The number of carbonyl (C=O) groups is 1. The molecule has 0 atom stereocenters. The molecule has 3 heterocycles. The van der Waals surface area contributed by atoms with Crippen LogP contribution in [0.5, 0.6) is 0 Å². The van der Waals surface area contributed by atoms with Crippen molar-refractivity contribution in [1.82, 2.24) is 14.8 Å². The summed E-state index contributed by atoms with van der Waals surface area (Å²) in [6.45, 7) is 2.90. The maximum Gasteiger partial charge on any atom is 0.274 e. The third kappa shape index (κ3) is 4.01. The molecule has 0 radical (unpaired) electrons. The van der Waals surface area contributed by atoms with Crippen LogP contribution in [0.4, 0.5) is 5.69 Å². The normalized spacial score (nSPS) is 13.2. The summed E-state index contributed by atoms with van der Waals surface area (Å²) in [7, 11) is 0. The number of ether oxygens (including phenoxy) is 1. The first kappa shape index (κ1) is 19.9. The van der Waals surface area contributed by atoms with E-state index < -0.39 is 5.91 Å². The largest absolute Gasteiger partial charge is 0.475 e. The second kappa shape index (κ2) is 8.14. The van der Waals surface area contributed by atoms with Gasteiger partial charge in [0.25, 0.3) is 5.91 Å². The second-order valence-corrected chi connectivity index (χ2v) is 7.86. The number of pyridine rings is 1. The van der Waals surface area contributed by atoms with E-state index in [1.807, 2.05) is 6.92 Å². The summed E-state index contributed by atoms with van der Waals surface area (Å²) in [5, 5.41) is 8.13. The lowest BCUT2D eigenvalue weighted by molar-refractivity contribution is 0.101. The third-order valence-electron chi connectivity index (χ3n) is 4.21. The number of aliphatic imine (C=N–C) groups is 1. The van der Waals surface area contributed by atoms with Crippen molar-refractivity contribution in [2.45, 2.75) is 6.92 Å². The zero-order valence-electron chi connectivity index (χ0n) is 15.1. The lowest BCUT2D eigenvalue weighted by Gasteiger charge is -2.15. The van der Waals surface area contributed by atoms with Gasteiger partial charge in [-0.1, -0.05) is 23.2 Å². The van der Waals surface area contributed by atoms with Gasteiger partial charge in [-0.25, -0.2) is 14.7 Å². The second-order valence-electron chi connectivity index (χ2n) is 6.21. The summed E-state index contributed by atoms with van der Waals surface area (Å²) in [5.41, 5.74) is 2.23. The summed E-state index contributed by atoms with van der Waals surface area (Å²) < 4.78 is 7.44. The summed E-state index contributed by atoms with van der Waals surface area (Å²) >= 11 is 15.8. The van der Waals surface area contributed by atoms with Crippen LogP contribution in [0, 0.1) is 6.92 Å². The number of halogens is 3. The number of hydrogen-bond acceptors (Lipinski definition) is 5. The highest BCUT2D eigenvalue weighted by Crippen LogP contribution is 2.29. The third-order valence-corrected chi connectivity index (χ3v) is 5.11. The van der Waals surface area contributed by atoms with Gasteiger partial charge in [-0.2, -0.15) is 5.10 Å². The van der Waals surface area contributed by atoms with Gasteiger partial charge in [0.15, 0.2) is 5.82 Å². The van der Waals surface area contributed by atoms with Crippen LogP contribution in [0.3, 0.4) is 0 Å². The molecule has 29 heavy (non-hydrogen) atoms. The van der Waals surface area contributed by atoms with Gasteiger partial charge in [-0.15, -0.1) is 0 Å². The first-order valence-corrected chi connectivity index (χ1v) is 10.1. The molecule has 0 saturated carbocycles. The topological polar surface area (TPSA) is 81.4 Å². The van der Waals surface area contributed by atoms with E-state index >= 15 is 0 Å². The number of carbonyl (C=O) groups excluding carboxylic acids is 1. The maximum absolute atomic E-state index is 13.2. The quantitative estimate of drug-likeness (QED) is 0.571. The molecule has 2 aromatic heterocycles. The van der Waals surface area contributed by atoms with Crippen LogP contribution in [0.25, 0.3) is 5.82 Å². The van der Waals surface area contributed by atoms with E-state index in [4.69, 9.17) is 27.9 Å². The number of aromatic nitrogens is 3. The van der Waals surface area contributed by atoms with E-state index in [1.54, 1.807) is 36.5 Å². The number of amides is 1. The highest BCUT2D eigenvalue weighted by atomic mass is 79.9. The minimum atomic E-state index is -0.393. The SMILES string of the molecule is Cc1cc(Cl)cc(C2=NCCO2)c1NC(=O)c1cc(Br)nn1-c1ncccc1Cl. The predicted octanol–water partition coefficient (Wildman–Crippen LogP) is 4.67. The van der Waals surface area contributed by atoms with Crippen molar-refractivity contribution in [1.29, 1.82) is 0 Å². The van der Waals surface area contributed by atoms with Gasteiger partial charge in [0.05, 0.1) is 22.8 Å². The Morgan fingerprint density at radius 2 is 2.14 bits per heavy atom. The summed E-state index contributed by atoms with van der Waals surface area (Å²) in [6, 6.07) is 8.46. The summed E-state index contributed by atoms with van der Waals surface area (Å²) in [5.74, 6) is 0.408. The minimum absolute atomic E-state index is 0.257. The molecule has 0 aliphatic carbocycles. The Balaban J connectivity index is 1.75. The average Bonchev–Trinajstić information content (AvgIpc) is 3.34. The Hall–Kier alpha value is -2.42. The molecule has 0 bridgehead atoms. The molecule has 0 spiro atoms. The molecule has 148 valence electrons. The molecule has 1 aliphatic rings. The first-order chi connectivity index (χ1) is 13.9. The van der Waals surface area contributed by atoms with Crippen LogP contribution in [0.1, 0.15) is 21.6 Å². The van der Waals surface area contributed by atoms with Crippen LogP contribution in [0.15, 0.2) is 46.1 Å². The predicted molar refractivity (Wildman–Crippen MR) is 116 cm³/mol. The minimum Gasteiger partial charge on any atom is -0.475 e. The van der Waals surface area contributed by atoms with E-state index in [0.717, 1.165) is 5.56 Å². The molecular weight excluding hydrogens is 481 g/mol. The van der Waals surface area contributed by atoms with E-state index in [9.17, 15) is 4.79 Å². The van der Waals surface area contributed by atoms with Crippen molar-refractivity contribution in [2.75, 3.05) is 18.5 Å². The van der Waals surface area contributed by atoms with Gasteiger partial charge in [0.1, 0.15) is 16.9 Å². The fourth-order valence-corrected chi connectivity index (χ4v) is 3.81. The van der Waals surface area contributed by atoms with Crippen molar-refractivity contribution in [3.63, 3.8) is 0 Å². The Morgan fingerprint density at radius 3 is 2.86 bits per heavy atom. The zero-order chi connectivity index (χ0) is 20.5. The monoisotopic (exact) mass is 493 g/mol. The fourth-order valence-electron chi connectivity index (χ4n) is 2.96. The molecule has 1 aliphatic heterocycles. The van der Waals surface area contributed by atoms with Crippen LogP contribution in [-0.2, 0) is 4.74 Å². The molecule has 4 rings (SSSR count). The van der Waals surface area contributed by atoms with E-state index in [0.29, 0.717) is 50.8 Å². The number of rotatable bonds is 4. The molecule has 1 N–H and O–H groups in total. The van der Waals surface area contributed by atoms with Gasteiger partial charge in [0, 0.05) is 17.3 Å². The van der Waals surface area contributed by atoms with E-state index in [2.05, 4.69) is 36.3 Å². The first-order valence-electron chi connectivity index (χ1n) is 8.59. The number of aryl methyl sites for hydroxylation is 1. The average molecular weight is 495 g/mol.